The Morgan fingerprint density at radius 3 is 2.65 bits per heavy atom. The predicted molar refractivity (Wildman–Crippen MR) is 114 cm³/mol. The second-order valence-electron chi connectivity index (χ2n) is 6.62. The van der Waals surface area contributed by atoms with E-state index in [4.69, 9.17) is 4.74 Å². The Morgan fingerprint density at radius 1 is 1.31 bits per heavy atom. The molecular formula is C19H28FIN4O. The van der Waals surface area contributed by atoms with Crippen molar-refractivity contribution in [2.24, 2.45) is 4.99 Å². The number of benzene rings is 1. The summed E-state index contributed by atoms with van der Waals surface area (Å²) in [5.74, 6) is 1.34. The fourth-order valence-electron chi connectivity index (χ4n) is 3.38. The van der Waals surface area contributed by atoms with Gasteiger partial charge in [-0.25, -0.2) is 4.39 Å². The zero-order chi connectivity index (χ0) is 17.6. The number of hydrogen-bond donors (Lipinski definition) is 1. The van der Waals surface area contributed by atoms with E-state index in [1.807, 2.05) is 14.0 Å². The lowest BCUT2D eigenvalue weighted by Gasteiger charge is -2.26. The summed E-state index contributed by atoms with van der Waals surface area (Å²) < 4.78 is 18.8. The Kier molecular flexibility index (Phi) is 8.15. The molecule has 2 aliphatic heterocycles. The third-order valence-corrected chi connectivity index (χ3v) is 4.74. The summed E-state index contributed by atoms with van der Waals surface area (Å²) in [6, 6.07) is 6.71. The van der Waals surface area contributed by atoms with Crippen molar-refractivity contribution in [1.82, 2.24) is 15.1 Å². The van der Waals surface area contributed by atoms with Crippen LogP contribution in [-0.4, -0.2) is 67.7 Å². The van der Waals surface area contributed by atoms with Crippen LogP contribution in [0.4, 0.5) is 4.39 Å². The minimum atomic E-state index is -0.254. The molecule has 0 saturated carbocycles. The maximum absolute atomic E-state index is 12.9. The van der Waals surface area contributed by atoms with Crippen LogP contribution in [0.5, 0.6) is 5.75 Å². The molecule has 1 saturated heterocycles. The molecule has 2 heterocycles. The van der Waals surface area contributed by atoms with Gasteiger partial charge in [0.15, 0.2) is 5.96 Å². The monoisotopic (exact) mass is 474 g/mol. The molecule has 1 aromatic carbocycles. The molecule has 26 heavy (non-hydrogen) atoms. The van der Waals surface area contributed by atoms with Gasteiger partial charge in [0, 0.05) is 39.3 Å². The number of nitrogens with zero attached hydrogens (tertiary/aromatic N) is 3. The van der Waals surface area contributed by atoms with E-state index in [2.05, 4.69) is 32.3 Å². The van der Waals surface area contributed by atoms with Crippen LogP contribution in [0.25, 0.3) is 0 Å². The van der Waals surface area contributed by atoms with Crippen molar-refractivity contribution < 1.29 is 9.13 Å². The summed E-state index contributed by atoms with van der Waals surface area (Å²) in [5, 5.41) is 3.40. The standard InChI is InChI=1S/C19H27FN4O.HI/c1-15(25-18-7-5-16(20)6-8-18)13-22-19(21-2)24-12-9-17(14-24)23-10-3-4-11-23;/h3-8,15,17H,9-14H2,1-2H3,(H,21,22);1H. The van der Waals surface area contributed by atoms with Gasteiger partial charge in [0.25, 0.3) is 0 Å². The van der Waals surface area contributed by atoms with Gasteiger partial charge in [-0.05, 0) is 37.6 Å². The first-order valence-electron chi connectivity index (χ1n) is 8.92. The second kappa shape index (κ2) is 10.1. The smallest absolute Gasteiger partial charge is 0.193 e. The number of hydrogen-bond acceptors (Lipinski definition) is 3. The highest BCUT2D eigenvalue weighted by molar-refractivity contribution is 14.0. The van der Waals surface area contributed by atoms with Crippen LogP contribution < -0.4 is 10.1 Å². The third kappa shape index (κ3) is 5.57. The normalized spacial score (nSPS) is 21.6. The lowest BCUT2D eigenvalue weighted by Crippen LogP contribution is -2.45. The van der Waals surface area contributed by atoms with Gasteiger partial charge in [-0.1, -0.05) is 12.2 Å². The number of likely N-dealkylation sites (tertiary alicyclic amines) is 1. The van der Waals surface area contributed by atoms with Crippen LogP contribution in [0, 0.1) is 5.82 Å². The summed E-state index contributed by atoms with van der Waals surface area (Å²) >= 11 is 0. The fraction of sp³-hybridized carbons (Fsp3) is 0.526. The highest BCUT2D eigenvalue weighted by Gasteiger charge is 2.29. The number of rotatable bonds is 5. The minimum absolute atomic E-state index is 0. The average molecular weight is 474 g/mol. The molecule has 0 aliphatic carbocycles. The van der Waals surface area contributed by atoms with E-state index in [9.17, 15) is 4.39 Å². The van der Waals surface area contributed by atoms with Gasteiger partial charge in [0.05, 0.1) is 6.54 Å². The lowest BCUT2D eigenvalue weighted by molar-refractivity contribution is 0.221. The molecule has 1 aromatic rings. The Hall–Kier alpha value is -1.35. The van der Waals surface area contributed by atoms with Crippen molar-refractivity contribution in [3.8, 4) is 5.75 Å². The Morgan fingerprint density at radius 2 is 2.00 bits per heavy atom. The largest absolute Gasteiger partial charge is 0.489 e. The maximum Gasteiger partial charge on any atom is 0.193 e. The highest BCUT2D eigenvalue weighted by Crippen LogP contribution is 2.18. The van der Waals surface area contributed by atoms with Gasteiger partial charge < -0.3 is 15.0 Å². The molecular weight excluding hydrogens is 446 g/mol. The molecule has 2 unspecified atom stereocenters. The molecule has 1 fully saturated rings. The van der Waals surface area contributed by atoms with Crippen LogP contribution in [0.15, 0.2) is 41.4 Å². The molecule has 2 atom stereocenters. The molecule has 3 rings (SSSR count). The molecule has 0 amide bonds. The van der Waals surface area contributed by atoms with Crippen LogP contribution in [0.3, 0.4) is 0 Å². The molecule has 0 bridgehead atoms. The van der Waals surface area contributed by atoms with Gasteiger partial charge in [-0.3, -0.25) is 9.89 Å². The third-order valence-electron chi connectivity index (χ3n) is 4.74. The first kappa shape index (κ1) is 21.0. The van der Waals surface area contributed by atoms with Gasteiger partial charge in [-0.15, -0.1) is 24.0 Å². The number of ether oxygens (including phenoxy) is 1. The van der Waals surface area contributed by atoms with E-state index < -0.39 is 0 Å². The Balaban J connectivity index is 0.00000243. The summed E-state index contributed by atoms with van der Waals surface area (Å²) in [6.45, 7) is 6.80. The Bertz CT molecular complexity index is 614. The van der Waals surface area contributed by atoms with Crippen molar-refractivity contribution in [1.29, 1.82) is 0 Å². The SMILES string of the molecule is CN=C(NCC(C)Oc1ccc(F)cc1)N1CCC(N2CC=CC2)C1.I. The first-order valence-corrected chi connectivity index (χ1v) is 8.92. The number of nitrogens with one attached hydrogen (secondary N) is 1. The molecule has 0 aromatic heterocycles. The van der Waals surface area contributed by atoms with Crippen LogP contribution in [0.1, 0.15) is 13.3 Å². The minimum Gasteiger partial charge on any atom is -0.489 e. The lowest BCUT2D eigenvalue weighted by atomic mass is 10.2. The van der Waals surface area contributed by atoms with Crippen molar-refractivity contribution in [3.05, 3.63) is 42.2 Å². The van der Waals surface area contributed by atoms with Gasteiger partial charge >= 0.3 is 0 Å². The van der Waals surface area contributed by atoms with Crippen LogP contribution in [0.2, 0.25) is 0 Å². The number of aliphatic imine (C=N–C) groups is 1. The average Bonchev–Trinajstić information content (AvgIpc) is 3.29. The summed E-state index contributed by atoms with van der Waals surface area (Å²) in [7, 11) is 1.82. The maximum atomic E-state index is 12.9. The van der Waals surface area contributed by atoms with Crippen LogP contribution in [-0.2, 0) is 0 Å². The van der Waals surface area contributed by atoms with E-state index >= 15 is 0 Å². The van der Waals surface area contributed by atoms with Gasteiger partial charge in [0.2, 0.25) is 0 Å². The van der Waals surface area contributed by atoms with Crippen molar-refractivity contribution >= 4 is 29.9 Å². The number of halogens is 2. The molecule has 0 radical (unpaired) electrons. The summed E-state index contributed by atoms with van der Waals surface area (Å²) in [6.07, 6.45) is 5.61. The molecule has 7 heteroatoms. The predicted octanol–water partition coefficient (Wildman–Crippen LogP) is 2.73. The first-order chi connectivity index (χ1) is 12.2. The van der Waals surface area contributed by atoms with E-state index in [0.717, 1.165) is 32.1 Å². The van der Waals surface area contributed by atoms with Crippen molar-refractivity contribution in [2.45, 2.75) is 25.5 Å². The van der Waals surface area contributed by atoms with E-state index in [0.29, 0.717) is 18.3 Å². The van der Waals surface area contributed by atoms with Gasteiger partial charge in [-0.2, -0.15) is 0 Å². The van der Waals surface area contributed by atoms with Gasteiger partial charge in [0.1, 0.15) is 17.7 Å². The van der Waals surface area contributed by atoms with Crippen LogP contribution >= 0.6 is 24.0 Å². The topological polar surface area (TPSA) is 40.1 Å². The Labute approximate surface area is 172 Å². The summed E-state index contributed by atoms with van der Waals surface area (Å²) in [4.78, 5) is 9.23. The quantitative estimate of drug-likeness (QED) is 0.309. The zero-order valence-electron chi connectivity index (χ0n) is 15.4. The molecule has 0 spiro atoms. The second-order valence-corrected chi connectivity index (χ2v) is 6.62. The van der Waals surface area contributed by atoms with Crippen molar-refractivity contribution in [3.63, 3.8) is 0 Å². The molecule has 144 valence electrons. The van der Waals surface area contributed by atoms with E-state index in [-0.39, 0.29) is 35.9 Å². The van der Waals surface area contributed by atoms with E-state index in [1.54, 1.807) is 12.1 Å². The highest BCUT2D eigenvalue weighted by atomic mass is 127. The molecule has 5 nitrogen and oxygen atoms in total. The molecule has 2 aliphatic rings. The fourth-order valence-corrected chi connectivity index (χ4v) is 3.38. The van der Waals surface area contributed by atoms with E-state index in [1.165, 1.54) is 18.6 Å². The zero-order valence-corrected chi connectivity index (χ0v) is 17.7. The molecule has 1 N–H and O–H groups in total. The number of guanidine groups is 1. The summed E-state index contributed by atoms with van der Waals surface area (Å²) in [5.41, 5.74) is 0. The van der Waals surface area contributed by atoms with Crippen molar-refractivity contribution in [2.75, 3.05) is 39.8 Å².